The van der Waals surface area contributed by atoms with E-state index >= 15 is 0 Å². The number of carbonyl (C=O) groups is 1. The summed E-state index contributed by atoms with van der Waals surface area (Å²) in [7, 11) is 0. The highest BCUT2D eigenvalue weighted by atomic mass is 16.5. The highest BCUT2D eigenvalue weighted by molar-refractivity contribution is 5.69. The highest BCUT2D eigenvalue weighted by Gasteiger charge is 2.12. The minimum atomic E-state index is -0.742. The molecule has 0 saturated heterocycles. The maximum Gasteiger partial charge on any atom is 0.309 e. The average Bonchev–Trinajstić information content (AvgIpc) is 2.74. The topological polar surface area (TPSA) is 108 Å². The highest BCUT2D eigenvalue weighted by Crippen LogP contribution is 2.22. The van der Waals surface area contributed by atoms with E-state index in [0.717, 1.165) is 12.0 Å². The van der Waals surface area contributed by atoms with Crippen molar-refractivity contribution in [1.29, 1.82) is 0 Å². The zero-order valence-electron chi connectivity index (χ0n) is 17.5. The largest absolute Gasteiger partial charge is 0.508 e. The first-order valence-corrected chi connectivity index (χ1v) is 10.1. The van der Waals surface area contributed by atoms with E-state index in [0.29, 0.717) is 30.0 Å². The van der Waals surface area contributed by atoms with Crippen LogP contribution in [0, 0.1) is 0 Å². The van der Waals surface area contributed by atoms with E-state index < -0.39 is 6.10 Å². The van der Waals surface area contributed by atoms with Crippen molar-refractivity contribution in [3.05, 3.63) is 59.2 Å². The molecule has 2 aromatic carbocycles. The van der Waals surface area contributed by atoms with Crippen molar-refractivity contribution in [2.24, 2.45) is 0 Å². The molecule has 2 rings (SSSR count). The van der Waals surface area contributed by atoms with Gasteiger partial charge < -0.3 is 30.1 Å². The monoisotopic (exact) mass is 417 g/mol. The fourth-order valence-corrected chi connectivity index (χ4v) is 3.00. The first-order valence-electron chi connectivity index (χ1n) is 10.1. The zero-order valence-corrected chi connectivity index (χ0v) is 17.5. The van der Waals surface area contributed by atoms with Crippen molar-refractivity contribution in [3.8, 4) is 11.5 Å². The lowest BCUT2D eigenvalue weighted by Gasteiger charge is -2.18. The van der Waals surface area contributed by atoms with Gasteiger partial charge in [0.15, 0.2) is 0 Å². The first-order chi connectivity index (χ1) is 14.4. The Morgan fingerprint density at radius 2 is 1.90 bits per heavy atom. The number of esters is 1. The van der Waals surface area contributed by atoms with Crippen LogP contribution in [0.2, 0.25) is 0 Å². The number of phenols is 1. The predicted octanol–water partition coefficient (Wildman–Crippen LogP) is 2.47. The molecule has 7 nitrogen and oxygen atoms in total. The quantitative estimate of drug-likeness (QED) is 0.393. The van der Waals surface area contributed by atoms with Gasteiger partial charge in [-0.25, -0.2) is 0 Å². The number of aromatic hydroxyl groups is 1. The van der Waals surface area contributed by atoms with Gasteiger partial charge in [-0.3, -0.25) is 4.79 Å². The fraction of sp³-hybridized carbons (Fsp3) is 0.435. The van der Waals surface area contributed by atoms with Gasteiger partial charge in [0.05, 0.1) is 32.3 Å². The normalized spacial score (nSPS) is 12.9. The number of aliphatic hydroxyl groups excluding tert-OH is 2. The predicted molar refractivity (Wildman–Crippen MR) is 113 cm³/mol. The zero-order chi connectivity index (χ0) is 21.9. The van der Waals surface area contributed by atoms with Crippen molar-refractivity contribution in [2.75, 3.05) is 19.8 Å². The molecule has 0 bridgehead atoms. The van der Waals surface area contributed by atoms with Gasteiger partial charge in [0.25, 0.3) is 0 Å². The Hall–Kier alpha value is -2.61. The van der Waals surface area contributed by atoms with Crippen LogP contribution >= 0.6 is 0 Å². The third-order valence-corrected chi connectivity index (χ3v) is 4.66. The molecule has 0 aromatic heterocycles. The van der Waals surface area contributed by atoms with Crippen LogP contribution in [0.3, 0.4) is 0 Å². The second-order valence-corrected chi connectivity index (χ2v) is 7.12. The number of benzene rings is 2. The Morgan fingerprint density at radius 1 is 1.17 bits per heavy atom. The Bertz CT molecular complexity index is 793. The Labute approximate surface area is 177 Å². The summed E-state index contributed by atoms with van der Waals surface area (Å²) < 4.78 is 10.4. The van der Waals surface area contributed by atoms with Crippen LogP contribution in [0.5, 0.6) is 11.5 Å². The number of hydrogen-bond donors (Lipinski definition) is 4. The molecular formula is C23H31NO6. The number of hydrogen-bond acceptors (Lipinski definition) is 7. The van der Waals surface area contributed by atoms with Gasteiger partial charge >= 0.3 is 5.97 Å². The summed E-state index contributed by atoms with van der Waals surface area (Å²) in [4.78, 5) is 11.3. The third kappa shape index (κ3) is 7.67. The van der Waals surface area contributed by atoms with Gasteiger partial charge in [0.1, 0.15) is 11.5 Å². The van der Waals surface area contributed by atoms with Gasteiger partial charge in [0.2, 0.25) is 0 Å². The summed E-state index contributed by atoms with van der Waals surface area (Å²) in [6.45, 7) is 4.53. The molecule has 2 aromatic rings. The number of rotatable bonds is 12. The molecule has 0 radical (unpaired) electrons. The van der Waals surface area contributed by atoms with Crippen molar-refractivity contribution < 1.29 is 29.6 Å². The SMILES string of the molecule is CCOC(=O)CCOc1ccc(CC(C)NCC(O)c2ccc(O)c(CO)c2)cc1. The molecule has 0 spiro atoms. The van der Waals surface area contributed by atoms with E-state index in [1.165, 1.54) is 6.07 Å². The summed E-state index contributed by atoms with van der Waals surface area (Å²) in [6.07, 6.45) is 0.251. The molecule has 0 amide bonds. The molecule has 0 fully saturated rings. The molecule has 4 N–H and O–H groups in total. The van der Waals surface area contributed by atoms with Crippen LogP contribution < -0.4 is 10.1 Å². The van der Waals surface area contributed by atoms with Crippen LogP contribution in [0.4, 0.5) is 0 Å². The van der Waals surface area contributed by atoms with Gasteiger partial charge in [-0.15, -0.1) is 0 Å². The van der Waals surface area contributed by atoms with E-state index in [4.69, 9.17) is 9.47 Å². The number of aliphatic hydroxyl groups is 2. The smallest absolute Gasteiger partial charge is 0.309 e. The standard InChI is InChI=1S/C23H31NO6/c1-3-29-23(28)10-11-30-20-7-4-17(5-8-20)12-16(2)24-14-22(27)18-6-9-21(26)19(13-18)15-25/h4-9,13,16,22,24-27H,3,10-12,14-15H2,1-2H3. The Morgan fingerprint density at radius 3 is 2.57 bits per heavy atom. The molecule has 2 unspecified atom stereocenters. The van der Waals surface area contributed by atoms with Crippen LogP contribution in [0.25, 0.3) is 0 Å². The lowest BCUT2D eigenvalue weighted by molar-refractivity contribution is -0.143. The maximum atomic E-state index is 11.3. The lowest BCUT2D eigenvalue weighted by atomic mass is 10.0. The van der Waals surface area contributed by atoms with E-state index in [1.54, 1.807) is 19.1 Å². The molecule has 30 heavy (non-hydrogen) atoms. The minimum absolute atomic E-state index is 0.0168. The molecule has 2 atom stereocenters. The summed E-state index contributed by atoms with van der Waals surface area (Å²) in [6, 6.07) is 12.5. The van der Waals surface area contributed by atoms with Crippen LogP contribution in [-0.2, 0) is 22.6 Å². The minimum Gasteiger partial charge on any atom is -0.508 e. The Balaban J connectivity index is 1.76. The molecule has 0 saturated carbocycles. The molecular weight excluding hydrogens is 386 g/mol. The fourth-order valence-electron chi connectivity index (χ4n) is 3.00. The van der Waals surface area contributed by atoms with Crippen LogP contribution in [0.15, 0.2) is 42.5 Å². The molecule has 7 heteroatoms. The number of carbonyl (C=O) groups excluding carboxylic acids is 1. The van der Waals surface area contributed by atoms with Crippen molar-refractivity contribution in [2.45, 2.75) is 45.4 Å². The molecule has 164 valence electrons. The van der Waals surface area contributed by atoms with Crippen LogP contribution in [-0.4, -0.2) is 47.1 Å². The van der Waals surface area contributed by atoms with E-state index in [2.05, 4.69) is 5.32 Å². The second-order valence-electron chi connectivity index (χ2n) is 7.12. The Kier molecular flexibility index (Phi) is 9.60. The summed E-state index contributed by atoms with van der Waals surface area (Å²) in [5.74, 6) is 0.449. The van der Waals surface area contributed by atoms with Gasteiger partial charge in [-0.2, -0.15) is 0 Å². The second kappa shape index (κ2) is 12.2. The van der Waals surface area contributed by atoms with Gasteiger partial charge in [0, 0.05) is 18.2 Å². The van der Waals surface area contributed by atoms with Crippen molar-refractivity contribution in [3.63, 3.8) is 0 Å². The van der Waals surface area contributed by atoms with Crippen molar-refractivity contribution in [1.82, 2.24) is 5.32 Å². The van der Waals surface area contributed by atoms with E-state index in [-0.39, 0.29) is 37.4 Å². The van der Waals surface area contributed by atoms with E-state index in [1.807, 2.05) is 31.2 Å². The van der Waals surface area contributed by atoms with Crippen molar-refractivity contribution >= 4 is 5.97 Å². The lowest BCUT2D eigenvalue weighted by Crippen LogP contribution is -2.32. The number of ether oxygens (including phenoxy) is 2. The van der Waals surface area contributed by atoms with E-state index in [9.17, 15) is 20.1 Å². The van der Waals surface area contributed by atoms with Gasteiger partial charge in [-0.05, 0) is 55.7 Å². The summed E-state index contributed by atoms with van der Waals surface area (Å²) >= 11 is 0. The summed E-state index contributed by atoms with van der Waals surface area (Å²) in [5, 5.41) is 32.5. The molecule has 0 aliphatic heterocycles. The summed E-state index contributed by atoms with van der Waals surface area (Å²) in [5.41, 5.74) is 2.15. The van der Waals surface area contributed by atoms with Gasteiger partial charge in [-0.1, -0.05) is 18.2 Å². The molecule has 0 aliphatic carbocycles. The average molecular weight is 418 g/mol. The van der Waals surface area contributed by atoms with Crippen LogP contribution in [0.1, 0.15) is 43.1 Å². The molecule has 0 heterocycles. The maximum absolute atomic E-state index is 11.3. The molecule has 0 aliphatic rings. The number of nitrogens with one attached hydrogen (secondary N) is 1. The third-order valence-electron chi connectivity index (χ3n) is 4.66. The first kappa shape index (κ1) is 23.7.